The molecule has 0 bridgehead atoms. The summed E-state index contributed by atoms with van der Waals surface area (Å²) in [5.41, 5.74) is 5.72. The Bertz CT molecular complexity index is 157. The molecule has 0 unspecified atom stereocenters. The molecule has 1 aliphatic rings. The fourth-order valence-corrected chi connectivity index (χ4v) is 1.51. The molecule has 0 aromatic rings. The van der Waals surface area contributed by atoms with Crippen molar-refractivity contribution in [3.63, 3.8) is 0 Å². The number of guanidine groups is 1. The molecule has 0 atom stereocenters. The van der Waals surface area contributed by atoms with Crippen LogP contribution in [0.25, 0.3) is 0 Å². The first-order chi connectivity index (χ1) is 5.70. The van der Waals surface area contributed by atoms with Crippen LogP contribution in [0.1, 0.15) is 32.1 Å². The van der Waals surface area contributed by atoms with Crippen molar-refractivity contribution in [2.75, 3.05) is 14.1 Å². The SMILES string of the molecule is CN(C)C(N)=NC1CCCCC1. The second-order valence-corrected chi connectivity index (χ2v) is 3.67. The lowest BCUT2D eigenvalue weighted by atomic mass is 9.96. The zero-order valence-electron chi connectivity index (χ0n) is 8.08. The molecule has 0 saturated heterocycles. The van der Waals surface area contributed by atoms with Crippen LogP contribution in [0.15, 0.2) is 4.99 Å². The van der Waals surface area contributed by atoms with Crippen molar-refractivity contribution in [3.8, 4) is 0 Å². The zero-order chi connectivity index (χ0) is 8.97. The van der Waals surface area contributed by atoms with E-state index in [4.69, 9.17) is 5.73 Å². The Kier molecular flexibility index (Phi) is 3.38. The van der Waals surface area contributed by atoms with Gasteiger partial charge in [-0.1, -0.05) is 19.3 Å². The van der Waals surface area contributed by atoms with Crippen molar-refractivity contribution in [2.24, 2.45) is 10.7 Å². The Balaban J connectivity index is 2.41. The van der Waals surface area contributed by atoms with Crippen LogP contribution in [-0.2, 0) is 0 Å². The van der Waals surface area contributed by atoms with Gasteiger partial charge >= 0.3 is 0 Å². The van der Waals surface area contributed by atoms with E-state index in [0.717, 1.165) is 0 Å². The van der Waals surface area contributed by atoms with Crippen molar-refractivity contribution in [1.82, 2.24) is 4.90 Å². The Labute approximate surface area is 74.6 Å². The number of nitrogens with zero attached hydrogens (tertiary/aromatic N) is 2. The van der Waals surface area contributed by atoms with E-state index in [2.05, 4.69) is 4.99 Å². The average molecular weight is 169 g/mol. The summed E-state index contributed by atoms with van der Waals surface area (Å²) in [5, 5.41) is 0. The predicted octanol–water partition coefficient (Wildman–Crippen LogP) is 1.20. The van der Waals surface area contributed by atoms with E-state index in [9.17, 15) is 0 Å². The molecule has 3 heteroatoms. The average Bonchev–Trinajstić information content (AvgIpc) is 2.06. The van der Waals surface area contributed by atoms with Crippen LogP contribution < -0.4 is 5.73 Å². The van der Waals surface area contributed by atoms with Crippen LogP contribution in [-0.4, -0.2) is 31.0 Å². The van der Waals surface area contributed by atoms with Crippen LogP contribution in [0.5, 0.6) is 0 Å². The highest BCUT2D eigenvalue weighted by molar-refractivity contribution is 5.77. The van der Waals surface area contributed by atoms with Gasteiger partial charge in [0.15, 0.2) is 5.96 Å². The minimum absolute atomic E-state index is 0.487. The summed E-state index contributed by atoms with van der Waals surface area (Å²) in [4.78, 5) is 6.33. The Morgan fingerprint density at radius 2 is 1.83 bits per heavy atom. The molecular formula is C9H19N3. The molecule has 70 valence electrons. The summed E-state index contributed by atoms with van der Waals surface area (Å²) in [5.74, 6) is 0.668. The quantitative estimate of drug-likeness (QED) is 0.473. The molecule has 3 nitrogen and oxygen atoms in total. The maximum atomic E-state index is 5.72. The van der Waals surface area contributed by atoms with Crippen molar-refractivity contribution in [3.05, 3.63) is 0 Å². The van der Waals surface area contributed by atoms with Crippen LogP contribution in [0.3, 0.4) is 0 Å². The molecule has 0 aromatic heterocycles. The molecule has 0 aromatic carbocycles. The molecule has 1 aliphatic carbocycles. The van der Waals surface area contributed by atoms with Gasteiger partial charge in [0.1, 0.15) is 0 Å². The van der Waals surface area contributed by atoms with Gasteiger partial charge in [-0.3, -0.25) is 0 Å². The molecular weight excluding hydrogens is 150 g/mol. The number of aliphatic imine (C=N–C) groups is 1. The van der Waals surface area contributed by atoms with Gasteiger partial charge < -0.3 is 10.6 Å². The molecule has 0 amide bonds. The third kappa shape index (κ3) is 2.72. The predicted molar refractivity (Wildman–Crippen MR) is 52.2 cm³/mol. The number of nitrogens with two attached hydrogens (primary N) is 1. The minimum Gasteiger partial charge on any atom is -0.370 e. The summed E-state index contributed by atoms with van der Waals surface area (Å²) in [7, 11) is 3.86. The van der Waals surface area contributed by atoms with E-state index < -0.39 is 0 Å². The number of hydrogen-bond donors (Lipinski definition) is 1. The van der Waals surface area contributed by atoms with Crippen molar-refractivity contribution >= 4 is 5.96 Å². The smallest absolute Gasteiger partial charge is 0.190 e. The monoisotopic (exact) mass is 169 g/mol. The zero-order valence-corrected chi connectivity index (χ0v) is 8.08. The summed E-state index contributed by atoms with van der Waals surface area (Å²) < 4.78 is 0. The molecule has 1 fully saturated rings. The second-order valence-electron chi connectivity index (χ2n) is 3.67. The summed E-state index contributed by atoms with van der Waals surface area (Å²) in [6.45, 7) is 0. The molecule has 1 saturated carbocycles. The van der Waals surface area contributed by atoms with Crippen LogP contribution in [0, 0.1) is 0 Å². The van der Waals surface area contributed by atoms with Gasteiger partial charge in [-0.2, -0.15) is 0 Å². The summed E-state index contributed by atoms with van der Waals surface area (Å²) >= 11 is 0. The third-order valence-electron chi connectivity index (χ3n) is 2.35. The van der Waals surface area contributed by atoms with Gasteiger partial charge in [0.2, 0.25) is 0 Å². The summed E-state index contributed by atoms with van der Waals surface area (Å²) in [6.07, 6.45) is 6.43. The fraction of sp³-hybridized carbons (Fsp3) is 0.889. The molecule has 0 heterocycles. The number of hydrogen-bond acceptors (Lipinski definition) is 1. The maximum absolute atomic E-state index is 5.72. The maximum Gasteiger partial charge on any atom is 0.190 e. The topological polar surface area (TPSA) is 41.6 Å². The third-order valence-corrected chi connectivity index (χ3v) is 2.35. The van der Waals surface area contributed by atoms with Gasteiger partial charge in [0.25, 0.3) is 0 Å². The van der Waals surface area contributed by atoms with E-state index in [1.54, 1.807) is 0 Å². The molecule has 0 spiro atoms. The Hall–Kier alpha value is -0.730. The van der Waals surface area contributed by atoms with E-state index in [1.807, 2.05) is 19.0 Å². The van der Waals surface area contributed by atoms with Crippen molar-refractivity contribution in [1.29, 1.82) is 0 Å². The van der Waals surface area contributed by atoms with Gasteiger partial charge in [0.05, 0.1) is 6.04 Å². The van der Waals surface area contributed by atoms with Crippen LogP contribution in [0.2, 0.25) is 0 Å². The van der Waals surface area contributed by atoms with Gasteiger partial charge in [-0.05, 0) is 12.8 Å². The highest BCUT2D eigenvalue weighted by Crippen LogP contribution is 2.20. The number of rotatable bonds is 1. The van der Waals surface area contributed by atoms with Crippen LogP contribution in [0.4, 0.5) is 0 Å². The molecule has 0 radical (unpaired) electrons. The lowest BCUT2D eigenvalue weighted by Crippen LogP contribution is -2.32. The first kappa shape index (κ1) is 9.36. The first-order valence-electron chi connectivity index (χ1n) is 4.71. The molecule has 2 N–H and O–H groups in total. The lowest BCUT2D eigenvalue weighted by molar-refractivity contribution is 0.437. The normalized spacial score (nSPS) is 21.0. The van der Waals surface area contributed by atoms with Crippen molar-refractivity contribution < 1.29 is 0 Å². The first-order valence-corrected chi connectivity index (χ1v) is 4.71. The van der Waals surface area contributed by atoms with E-state index in [1.165, 1.54) is 32.1 Å². The highest BCUT2D eigenvalue weighted by Gasteiger charge is 2.12. The largest absolute Gasteiger partial charge is 0.370 e. The standard InChI is InChI=1S/C9H19N3/c1-12(2)9(10)11-8-6-4-3-5-7-8/h8H,3-7H2,1-2H3,(H2,10,11). The lowest BCUT2D eigenvalue weighted by Gasteiger charge is -2.20. The molecule has 1 rings (SSSR count). The Morgan fingerprint density at radius 1 is 1.25 bits per heavy atom. The van der Waals surface area contributed by atoms with Crippen molar-refractivity contribution in [2.45, 2.75) is 38.1 Å². The van der Waals surface area contributed by atoms with Gasteiger partial charge in [-0.15, -0.1) is 0 Å². The molecule has 12 heavy (non-hydrogen) atoms. The van der Waals surface area contributed by atoms with Crippen LogP contribution >= 0.6 is 0 Å². The van der Waals surface area contributed by atoms with E-state index in [0.29, 0.717) is 12.0 Å². The fourth-order valence-electron chi connectivity index (χ4n) is 1.51. The Morgan fingerprint density at radius 3 is 2.33 bits per heavy atom. The highest BCUT2D eigenvalue weighted by atomic mass is 15.2. The van der Waals surface area contributed by atoms with E-state index >= 15 is 0 Å². The van der Waals surface area contributed by atoms with E-state index in [-0.39, 0.29) is 0 Å². The second kappa shape index (κ2) is 4.33. The van der Waals surface area contributed by atoms with Gasteiger partial charge in [-0.25, -0.2) is 4.99 Å². The van der Waals surface area contributed by atoms with Gasteiger partial charge in [0, 0.05) is 14.1 Å². The molecule has 0 aliphatic heterocycles. The minimum atomic E-state index is 0.487. The summed E-state index contributed by atoms with van der Waals surface area (Å²) in [6, 6.07) is 0.487.